The van der Waals surface area contributed by atoms with Crippen molar-refractivity contribution < 1.29 is 38.2 Å². The number of alkyl carbamates (subject to hydrolysis) is 1. The number of benzene rings is 2. The fourth-order valence-electron chi connectivity index (χ4n) is 4.49. The maximum atomic E-state index is 13.7. The van der Waals surface area contributed by atoms with Gasteiger partial charge in [-0.05, 0) is 71.4 Å². The highest BCUT2D eigenvalue weighted by atomic mass is 16.6. The molecule has 11 nitrogen and oxygen atoms in total. The van der Waals surface area contributed by atoms with Gasteiger partial charge in [-0.3, -0.25) is 14.4 Å². The summed E-state index contributed by atoms with van der Waals surface area (Å²) in [5, 5.41) is 8.10. The van der Waals surface area contributed by atoms with Gasteiger partial charge in [-0.25, -0.2) is 9.59 Å². The van der Waals surface area contributed by atoms with E-state index < -0.39 is 59.2 Å². The number of ether oxygens (including phenoxy) is 3. The van der Waals surface area contributed by atoms with E-state index in [4.69, 9.17) is 14.2 Å². The molecule has 2 aromatic rings. The number of carbonyl (C=O) groups is 5. The Morgan fingerprint density at radius 2 is 1.17 bits per heavy atom. The van der Waals surface area contributed by atoms with Crippen LogP contribution >= 0.6 is 0 Å². The fourth-order valence-corrected chi connectivity index (χ4v) is 4.49. The van der Waals surface area contributed by atoms with Gasteiger partial charge >= 0.3 is 18.0 Å². The number of esters is 2. The Morgan fingerprint density at radius 1 is 0.660 bits per heavy atom. The third-order valence-electron chi connectivity index (χ3n) is 6.51. The summed E-state index contributed by atoms with van der Waals surface area (Å²) in [6.07, 6.45) is -0.622. The number of hydrogen-bond acceptors (Lipinski definition) is 8. The summed E-state index contributed by atoms with van der Waals surface area (Å²) in [5.41, 5.74) is 0.00921. The average molecular weight is 654 g/mol. The molecule has 0 bridgehead atoms. The quantitative estimate of drug-likeness (QED) is 0.180. The lowest BCUT2D eigenvalue weighted by molar-refractivity contribution is -0.160. The van der Waals surface area contributed by atoms with Crippen molar-refractivity contribution in [1.29, 1.82) is 0 Å². The Morgan fingerprint density at radius 3 is 1.70 bits per heavy atom. The molecule has 0 aliphatic rings. The Bertz CT molecular complexity index is 1320. The largest absolute Gasteiger partial charge is 0.460 e. The summed E-state index contributed by atoms with van der Waals surface area (Å²) in [4.78, 5) is 65.7. The van der Waals surface area contributed by atoms with Crippen molar-refractivity contribution in [2.75, 3.05) is 0 Å². The molecule has 3 atom stereocenters. The zero-order valence-electron chi connectivity index (χ0n) is 28.9. The summed E-state index contributed by atoms with van der Waals surface area (Å²) < 4.78 is 16.3. The van der Waals surface area contributed by atoms with Crippen molar-refractivity contribution >= 4 is 29.8 Å². The van der Waals surface area contributed by atoms with Gasteiger partial charge < -0.3 is 30.2 Å². The fraction of sp³-hybridized carbons (Fsp3) is 0.528. The normalized spacial score (nSPS) is 13.5. The maximum Gasteiger partial charge on any atom is 0.408 e. The highest BCUT2D eigenvalue weighted by Gasteiger charge is 2.33. The number of hydrogen-bond donors (Lipinski definition) is 3. The molecule has 0 saturated heterocycles. The summed E-state index contributed by atoms with van der Waals surface area (Å²) in [6, 6.07) is 15.0. The molecular formula is C36H51N3O8. The lowest BCUT2D eigenvalue weighted by atomic mass is 10.0. The second kappa shape index (κ2) is 18.1. The SMILES string of the molecule is CC(C)C[C@H](NC(=O)[C@@H](Cc1ccccc1)NC(=O)OCc1ccccc1)C(=O)N[C@H](CCC(=O)OC(C)(C)C)C(=O)OC(C)(C)C. The van der Waals surface area contributed by atoms with E-state index in [0.29, 0.717) is 0 Å². The van der Waals surface area contributed by atoms with Crippen molar-refractivity contribution in [3.8, 4) is 0 Å². The Kier molecular flexibility index (Phi) is 14.9. The highest BCUT2D eigenvalue weighted by Crippen LogP contribution is 2.15. The predicted molar refractivity (Wildman–Crippen MR) is 178 cm³/mol. The summed E-state index contributed by atoms with van der Waals surface area (Å²) in [5.74, 6) is -2.50. The summed E-state index contributed by atoms with van der Waals surface area (Å²) in [6.45, 7) is 14.1. The molecule has 0 heterocycles. The van der Waals surface area contributed by atoms with Gasteiger partial charge in [0, 0.05) is 12.8 Å². The van der Waals surface area contributed by atoms with Crippen LogP contribution in [-0.2, 0) is 46.4 Å². The molecule has 258 valence electrons. The molecule has 0 aliphatic heterocycles. The van der Waals surface area contributed by atoms with Gasteiger partial charge in [0.25, 0.3) is 0 Å². The maximum absolute atomic E-state index is 13.7. The molecule has 0 radical (unpaired) electrons. The number of carbonyl (C=O) groups excluding carboxylic acids is 5. The van der Waals surface area contributed by atoms with Crippen LogP contribution in [0, 0.1) is 5.92 Å². The van der Waals surface area contributed by atoms with Crippen molar-refractivity contribution in [2.24, 2.45) is 5.92 Å². The van der Waals surface area contributed by atoms with E-state index in [-0.39, 0.29) is 38.2 Å². The van der Waals surface area contributed by atoms with Crippen LogP contribution in [-0.4, -0.2) is 59.2 Å². The van der Waals surface area contributed by atoms with Crippen LogP contribution in [0.25, 0.3) is 0 Å². The first-order chi connectivity index (χ1) is 21.9. The number of rotatable bonds is 15. The molecule has 11 heteroatoms. The monoisotopic (exact) mass is 653 g/mol. The van der Waals surface area contributed by atoms with Gasteiger partial charge in [0.15, 0.2) is 0 Å². The van der Waals surface area contributed by atoms with E-state index >= 15 is 0 Å². The molecule has 47 heavy (non-hydrogen) atoms. The van der Waals surface area contributed by atoms with Crippen molar-refractivity contribution in [2.45, 2.75) is 117 Å². The third kappa shape index (κ3) is 16.1. The van der Waals surface area contributed by atoms with Gasteiger partial charge in [0.2, 0.25) is 11.8 Å². The van der Waals surface area contributed by atoms with Gasteiger partial charge in [0.05, 0.1) is 0 Å². The second-order valence-corrected chi connectivity index (χ2v) is 13.9. The van der Waals surface area contributed by atoms with Crippen LogP contribution in [0.5, 0.6) is 0 Å². The lowest BCUT2D eigenvalue weighted by Gasteiger charge is -2.28. The van der Waals surface area contributed by atoms with Crippen molar-refractivity contribution in [3.05, 3.63) is 71.8 Å². The first kappa shape index (κ1) is 38.8. The minimum absolute atomic E-state index is 0.0140. The van der Waals surface area contributed by atoms with Crippen LogP contribution in [0.4, 0.5) is 4.79 Å². The number of amides is 3. The van der Waals surface area contributed by atoms with Gasteiger partial charge in [-0.1, -0.05) is 74.5 Å². The zero-order chi connectivity index (χ0) is 35.2. The van der Waals surface area contributed by atoms with Crippen LogP contribution < -0.4 is 16.0 Å². The molecule has 2 aromatic carbocycles. The Hall–Kier alpha value is -4.41. The zero-order valence-corrected chi connectivity index (χ0v) is 28.9. The molecule has 0 unspecified atom stereocenters. The van der Waals surface area contributed by atoms with Crippen molar-refractivity contribution in [3.63, 3.8) is 0 Å². The average Bonchev–Trinajstić information content (AvgIpc) is 2.96. The molecule has 3 N–H and O–H groups in total. The third-order valence-corrected chi connectivity index (χ3v) is 6.51. The second-order valence-electron chi connectivity index (χ2n) is 13.9. The van der Waals surface area contributed by atoms with Crippen LogP contribution in [0.15, 0.2) is 60.7 Å². The van der Waals surface area contributed by atoms with Gasteiger partial charge in [-0.2, -0.15) is 0 Å². The molecule has 0 aliphatic carbocycles. The molecular weight excluding hydrogens is 602 g/mol. The smallest absolute Gasteiger partial charge is 0.408 e. The van der Waals surface area contributed by atoms with Crippen LogP contribution in [0.1, 0.15) is 85.8 Å². The minimum Gasteiger partial charge on any atom is -0.460 e. The van der Waals surface area contributed by atoms with Gasteiger partial charge in [-0.15, -0.1) is 0 Å². The van der Waals surface area contributed by atoms with E-state index in [1.807, 2.05) is 74.5 Å². The molecule has 0 fully saturated rings. The van der Waals surface area contributed by atoms with Crippen molar-refractivity contribution in [1.82, 2.24) is 16.0 Å². The lowest BCUT2D eigenvalue weighted by Crippen LogP contribution is -2.57. The van der Waals surface area contributed by atoms with Crippen LogP contribution in [0.2, 0.25) is 0 Å². The van der Waals surface area contributed by atoms with E-state index in [1.165, 1.54) is 0 Å². The molecule has 0 spiro atoms. The molecule has 0 saturated carbocycles. The Balaban J connectivity index is 2.23. The minimum atomic E-state index is -1.17. The molecule has 0 aromatic heterocycles. The topological polar surface area (TPSA) is 149 Å². The van der Waals surface area contributed by atoms with Crippen LogP contribution in [0.3, 0.4) is 0 Å². The predicted octanol–water partition coefficient (Wildman–Crippen LogP) is 5.00. The first-order valence-electron chi connectivity index (χ1n) is 16.0. The van der Waals surface area contributed by atoms with Gasteiger partial charge in [0.1, 0.15) is 35.9 Å². The van der Waals surface area contributed by atoms with E-state index in [0.717, 1.165) is 11.1 Å². The van der Waals surface area contributed by atoms with E-state index in [2.05, 4.69) is 16.0 Å². The molecule has 3 amide bonds. The van der Waals surface area contributed by atoms with E-state index in [1.54, 1.807) is 41.5 Å². The summed E-state index contributed by atoms with van der Waals surface area (Å²) >= 11 is 0. The summed E-state index contributed by atoms with van der Waals surface area (Å²) in [7, 11) is 0. The first-order valence-corrected chi connectivity index (χ1v) is 16.0. The molecule has 2 rings (SSSR count). The number of nitrogens with one attached hydrogen (secondary N) is 3. The van der Waals surface area contributed by atoms with E-state index in [9.17, 15) is 24.0 Å². The highest BCUT2D eigenvalue weighted by molar-refractivity contribution is 5.93. The standard InChI is InChI=1S/C36H51N3O8/c1-24(2)21-28(31(41)37-27(33(43)47-36(6,7)8)19-20-30(40)46-35(3,4)5)38-32(42)29(22-25-15-11-9-12-16-25)39-34(44)45-23-26-17-13-10-14-18-26/h9-18,24,27-29H,19-23H2,1-8H3,(H,37,41)(H,38,42)(H,39,44)/t27-,28+,29-/m1/s1. The Labute approximate surface area is 278 Å².